The normalized spacial score (nSPS) is 16.5. The SMILES string of the molecule is CC(NC(=O)C(CCCNC=O)C(c1cc(N2CCC(C=O)CC2)no1)C(C)C)c1ccc(C#N)cc1. The van der Waals surface area contributed by atoms with E-state index >= 15 is 0 Å². The molecule has 1 aliphatic rings. The van der Waals surface area contributed by atoms with Crippen molar-refractivity contribution in [2.75, 3.05) is 24.5 Å². The lowest BCUT2D eigenvalue weighted by Crippen LogP contribution is -2.37. The highest BCUT2D eigenvalue weighted by Gasteiger charge is 2.35. The first-order chi connectivity index (χ1) is 17.9. The van der Waals surface area contributed by atoms with E-state index in [1.807, 2.05) is 25.1 Å². The summed E-state index contributed by atoms with van der Waals surface area (Å²) in [5.74, 6) is 0.897. The molecule has 2 aromatic rings. The van der Waals surface area contributed by atoms with E-state index in [1.165, 1.54) is 0 Å². The first-order valence-electron chi connectivity index (χ1n) is 13.0. The van der Waals surface area contributed by atoms with Gasteiger partial charge in [-0.05, 0) is 56.2 Å². The number of aldehydes is 1. The lowest BCUT2D eigenvalue weighted by molar-refractivity contribution is -0.127. The summed E-state index contributed by atoms with van der Waals surface area (Å²) in [7, 11) is 0. The van der Waals surface area contributed by atoms with Crippen LogP contribution in [0.25, 0.3) is 0 Å². The van der Waals surface area contributed by atoms with Crippen molar-refractivity contribution in [3.05, 3.63) is 47.2 Å². The molecule has 2 amide bonds. The van der Waals surface area contributed by atoms with E-state index in [4.69, 9.17) is 9.78 Å². The first kappa shape index (κ1) is 27.9. The number of nitrogens with zero attached hydrogens (tertiary/aromatic N) is 3. The van der Waals surface area contributed by atoms with Crippen LogP contribution in [0.1, 0.15) is 75.3 Å². The molecule has 0 aliphatic carbocycles. The molecule has 0 bridgehead atoms. The predicted molar refractivity (Wildman–Crippen MR) is 140 cm³/mol. The second-order valence-corrected chi connectivity index (χ2v) is 10.1. The number of benzene rings is 1. The summed E-state index contributed by atoms with van der Waals surface area (Å²) in [6.07, 6.45) is 4.49. The Balaban J connectivity index is 1.79. The number of hydrogen-bond acceptors (Lipinski definition) is 7. The Hall–Kier alpha value is -3.67. The van der Waals surface area contributed by atoms with Crippen LogP contribution < -0.4 is 15.5 Å². The van der Waals surface area contributed by atoms with Gasteiger partial charge in [-0.15, -0.1) is 0 Å². The Kier molecular flexibility index (Phi) is 10.2. The molecule has 3 atom stereocenters. The minimum absolute atomic E-state index is 0.0913. The van der Waals surface area contributed by atoms with Crippen LogP contribution in [0.3, 0.4) is 0 Å². The second-order valence-electron chi connectivity index (χ2n) is 10.1. The van der Waals surface area contributed by atoms with Crippen LogP contribution in [0, 0.1) is 29.1 Å². The molecule has 37 heavy (non-hydrogen) atoms. The van der Waals surface area contributed by atoms with Crippen LogP contribution in [-0.4, -0.2) is 43.4 Å². The van der Waals surface area contributed by atoms with Gasteiger partial charge in [0.25, 0.3) is 0 Å². The number of anilines is 1. The zero-order chi connectivity index (χ0) is 26.8. The van der Waals surface area contributed by atoms with E-state index in [2.05, 4.69) is 40.6 Å². The van der Waals surface area contributed by atoms with Gasteiger partial charge >= 0.3 is 0 Å². The van der Waals surface area contributed by atoms with Gasteiger partial charge in [-0.25, -0.2) is 0 Å². The van der Waals surface area contributed by atoms with Crippen LogP contribution in [0.15, 0.2) is 34.9 Å². The van der Waals surface area contributed by atoms with Gasteiger partial charge in [0.05, 0.1) is 17.7 Å². The van der Waals surface area contributed by atoms with E-state index in [9.17, 15) is 14.4 Å². The molecule has 9 nitrogen and oxygen atoms in total. The molecular formula is C28H37N5O4. The quantitative estimate of drug-likeness (QED) is 0.312. The molecule has 1 aliphatic heterocycles. The third-order valence-electron chi connectivity index (χ3n) is 7.21. The molecule has 2 heterocycles. The molecule has 0 saturated carbocycles. The topological polar surface area (TPSA) is 128 Å². The van der Waals surface area contributed by atoms with Crippen LogP contribution >= 0.6 is 0 Å². The van der Waals surface area contributed by atoms with Gasteiger partial charge in [-0.2, -0.15) is 5.26 Å². The van der Waals surface area contributed by atoms with Gasteiger partial charge in [0.1, 0.15) is 12.0 Å². The van der Waals surface area contributed by atoms with E-state index in [0.29, 0.717) is 37.1 Å². The molecule has 3 rings (SSSR count). The van der Waals surface area contributed by atoms with Crippen molar-refractivity contribution < 1.29 is 18.9 Å². The Morgan fingerprint density at radius 1 is 1.22 bits per heavy atom. The molecule has 0 radical (unpaired) electrons. The highest BCUT2D eigenvalue weighted by Crippen LogP contribution is 2.37. The Bertz CT molecular complexity index is 1070. The lowest BCUT2D eigenvalue weighted by Gasteiger charge is -2.30. The van der Waals surface area contributed by atoms with Gasteiger partial charge in [-0.3, -0.25) is 9.59 Å². The van der Waals surface area contributed by atoms with Crippen molar-refractivity contribution in [1.82, 2.24) is 15.8 Å². The Labute approximate surface area is 218 Å². The molecular weight excluding hydrogens is 470 g/mol. The fourth-order valence-corrected chi connectivity index (χ4v) is 5.05. The zero-order valence-corrected chi connectivity index (χ0v) is 21.9. The van der Waals surface area contributed by atoms with E-state index in [0.717, 1.165) is 43.6 Å². The van der Waals surface area contributed by atoms with E-state index in [-0.39, 0.29) is 29.7 Å². The molecule has 198 valence electrons. The summed E-state index contributed by atoms with van der Waals surface area (Å²) in [6.45, 7) is 8.02. The summed E-state index contributed by atoms with van der Waals surface area (Å²) in [6, 6.07) is 11.0. The van der Waals surface area contributed by atoms with Gasteiger partial charge in [0.2, 0.25) is 12.3 Å². The van der Waals surface area contributed by atoms with Crippen molar-refractivity contribution in [2.24, 2.45) is 17.8 Å². The second kappa shape index (κ2) is 13.6. The fraction of sp³-hybridized carbons (Fsp3) is 0.536. The van der Waals surface area contributed by atoms with Crippen LogP contribution in [0.4, 0.5) is 5.82 Å². The van der Waals surface area contributed by atoms with Crippen molar-refractivity contribution in [3.8, 4) is 6.07 Å². The van der Waals surface area contributed by atoms with E-state index in [1.54, 1.807) is 12.1 Å². The van der Waals surface area contributed by atoms with Crippen LogP contribution in [0.2, 0.25) is 0 Å². The van der Waals surface area contributed by atoms with Crippen molar-refractivity contribution in [1.29, 1.82) is 5.26 Å². The number of carbonyl (C=O) groups excluding carboxylic acids is 3. The molecule has 0 spiro atoms. The van der Waals surface area contributed by atoms with Gasteiger partial charge < -0.3 is 24.9 Å². The molecule has 1 fully saturated rings. The fourth-order valence-electron chi connectivity index (χ4n) is 5.05. The van der Waals surface area contributed by atoms with Crippen molar-refractivity contribution in [2.45, 2.75) is 58.4 Å². The van der Waals surface area contributed by atoms with Crippen LogP contribution in [-0.2, 0) is 14.4 Å². The molecule has 9 heteroatoms. The highest BCUT2D eigenvalue weighted by atomic mass is 16.5. The van der Waals surface area contributed by atoms with E-state index < -0.39 is 5.92 Å². The van der Waals surface area contributed by atoms with Crippen LogP contribution in [0.5, 0.6) is 0 Å². The number of hydrogen-bond donors (Lipinski definition) is 2. The molecule has 1 aromatic carbocycles. The Morgan fingerprint density at radius 3 is 2.51 bits per heavy atom. The standard InChI is InChI=1S/C28H37N5O4/c1-19(2)27(25-15-26(32-37-25)33-13-10-22(17-34)11-14-33)24(5-4-12-30-18-35)28(36)31-20(3)23-8-6-21(16-29)7-9-23/h6-9,15,17-20,22,24,27H,4-5,10-14H2,1-3H3,(H,30,35)(H,31,36). The third kappa shape index (κ3) is 7.42. The number of rotatable bonds is 13. The summed E-state index contributed by atoms with van der Waals surface area (Å²) in [5.41, 5.74) is 1.48. The third-order valence-corrected chi connectivity index (χ3v) is 7.21. The summed E-state index contributed by atoms with van der Waals surface area (Å²) >= 11 is 0. The zero-order valence-electron chi connectivity index (χ0n) is 21.9. The number of piperidine rings is 1. The van der Waals surface area contributed by atoms with Gasteiger partial charge in [0.15, 0.2) is 5.82 Å². The molecule has 1 saturated heterocycles. The lowest BCUT2D eigenvalue weighted by atomic mass is 9.78. The largest absolute Gasteiger partial charge is 0.359 e. The summed E-state index contributed by atoms with van der Waals surface area (Å²) in [5, 5.41) is 19.2. The maximum Gasteiger partial charge on any atom is 0.224 e. The van der Waals surface area contributed by atoms with Gasteiger partial charge in [-0.1, -0.05) is 31.1 Å². The molecule has 1 aromatic heterocycles. The number of nitrogens with one attached hydrogen (secondary N) is 2. The number of aromatic nitrogens is 1. The molecule has 2 N–H and O–H groups in total. The smallest absolute Gasteiger partial charge is 0.224 e. The number of amides is 2. The average molecular weight is 508 g/mol. The maximum atomic E-state index is 13.7. The minimum Gasteiger partial charge on any atom is -0.359 e. The monoisotopic (exact) mass is 507 g/mol. The number of nitriles is 1. The predicted octanol–water partition coefficient (Wildman–Crippen LogP) is 3.72. The molecule has 3 unspecified atom stereocenters. The summed E-state index contributed by atoms with van der Waals surface area (Å²) in [4.78, 5) is 37.6. The number of carbonyl (C=O) groups is 3. The summed E-state index contributed by atoms with van der Waals surface area (Å²) < 4.78 is 5.82. The average Bonchev–Trinajstić information content (AvgIpc) is 3.39. The van der Waals surface area contributed by atoms with Crippen molar-refractivity contribution >= 4 is 24.4 Å². The highest BCUT2D eigenvalue weighted by molar-refractivity contribution is 5.80. The van der Waals surface area contributed by atoms with Gasteiger partial charge in [0, 0.05) is 43.5 Å². The first-order valence-corrected chi connectivity index (χ1v) is 13.0. The minimum atomic E-state index is -0.393. The maximum absolute atomic E-state index is 13.7. The Morgan fingerprint density at radius 2 is 1.92 bits per heavy atom. The van der Waals surface area contributed by atoms with Crippen molar-refractivity contribution in [3.63, 3.8) is 0 Å².